The van der Waals surface area contributed by atoms with Gasteiger partial charge in [-0.3, -0.25) is 4.79 Å². The van der Waals surface area contributed by atoms with E-state index in [1.54, 1.807) is 23.7 Å². The quantitative estimate of drug-likeness (QED) is 0.334. The molecule has 5 aromatic rings. The third kappa shape index (κ3) is 4.10. The Morgan fingerprint density at radius 2 is 1.97 bits per heavy atom. The minimum Gasteiger partial charge on any atom is -0.338 e. The van der Waals surface area contributed by atoms with Gasteiger partial charge in [-0.05, 0) is 49.1 Å². The third-order valence-corrected chi connectivity index (χ3v) is 6.81. The fraction of sp³-hybridized carbons (Fsp3) is 0.200. The smallest absolute Gasteiger partial charge is 0.253 e. The minimum absolute atomic E-state index is 0.105. The SMILES string of the molecule is CC(C)n1ncc2c(C(=O)N[C@H](c3ccc(Cl)cc3)c3nccn3C)cc(-c3cccs3)nc21. The van der Waals surface area contributed by atoms with Crippen molar-refractivity contribution >= 4 is 39.9 Å². The Kier molecular flexibility index (Phi) is 5.93. The van der Waals surface area contributed by atoms with Crippen molar-refractivity contribution in [1.29, 1.82) is 0 Å². The standard InChI is InChI=1S/C25H23ClN6OS/c1-15(2)32-23-19(14-28-32)18(13-20(29-23)21-5-4-12-34-21)25(33)30-22(24-27-10-11-31(24)3)16-6-8-17(26)9-7-16/h4-15,22H,1-3H3,(H,30,33)/t22-/m1/s1. The Bertz CT molecular complexity index is 1450. The van der Waals surface area contributed by atoms with Crippen LogP contribution in [0.5, 0.6) is 0 Å². The summed E-state index contributed by atoms with van der Waals surface area (Å²) in [5.41, 5.74) is 2.84. The van der Waals surface area contributed by atoms with Crippen molar-refractivity contribution in [2.24, 2.45) is 7.05 Å². The number of aryl methyl sites for hydroxylation is 1. The number of thiophene rings is 1. The van der Waals surface area contributed by atoms with Crippen LogP contribution in [0.1, 0.15) is 47.7 Å². The average Bonchev–Trinajstić information content (AvgIpc) is 3.58. The van der Waals surface area contributed by atoms with Crippen molar-refractivity contribution < 1.29 is 4.79 Å². The predicted molar refractivity (Wildman–Crippen MR) is 135 cm³/mol. The summed E-state index contributed by atoms with van der Waals surface area (Å²) >= 11 is 7.69. The van der Waals surface area contributed by atoms with E-state index in [-0.39, 0.29) is 11.9 Å². The highest BCUT2D eigenvalue weighted by Crippen LogP contribution is 2.30. The first-order valence-corrected chi connectivity index (χ1v) is 12.1. The van der Waals surface area contributed by atoms with Crippen LogP contribution in [0.4, 0.5) is 0 Å². The van der Waals surface area contributed by atoms with Crippen molar-refractivity contribution in [3.05, 3.63) is 88.4 Å². The van der Waals surface area contributed by atoms with Gasteiger partial charge in [0.1, 0.15) is 11.9 Å². The fourth-order valence-corrected chi connectivity index (χ4v) is 4.76. The number of pyridine rings is 1. The monoisotopic (exact) mass is 490 g/mol. The number of nitrogens with one attached hydrogen (secondary N) is 1. The summed E-state index contributed by atoms with van der Waals surface area (Å²) in [6.07, 6.45) is 5.29. The van der Waals surface area contributed by atoms with Gasteiger partial charge in [-0.25, -0.2) is 14.6 Å². The molecule has 0 fully saturated rings. The highest BCUT2D eigenvalue weighted by Gasteiger charge is 2.24. The number of halogens is 1. The van der Waals surface area contributed by atoms with Gasteiger partial charge in [0.15, 0.2) is 5.65 Å². The minimum atomic E-state index is -0.460. The molecule has 0 bridgehead atoms. The number of carbonyl (C=O) groups excluding carboxylic acids is 1. The lowest BCUT2D eigenvalue weighted by Crippen LogP contribution is -2.31. The molecule has 1 aromatic carbocycles. The molecule has 5 rings (SSSR count). The molecule has 7 nitrogen and oxygen atoms in total. The summed E-state index contributed by atoms with van der Waals surface area (Å²) in [4.78, 5) is 24.1. The van der Waals surface area contributed by atoms with Crippen LogP contribution < -0.4 is 5.32 Å². The van der Waals surface area contributed by atoms with Crippen LogP contribution in [0.3, 0.4) is 0 Å². The van der Waals surface area contributed by atoms with E-state index in [9.17, 15) is 4.79 Å². The fourth-order valence-electron chi connectivity index (χ4n) is 3.95. The summed E-state index contributed by atoms with van der Waals surface area (Å²) in [5.74, 6) is 0.494. The number of aromatic nitrogens is 5. The zero-order valence-electron chi connectivity index (χ0n) is 18.9. The molecule has 0 radical (unpaired) electrons. The summed E-state index contributed by atoms with van der Waals surface area (Å²) < 4.78 is 3.74. The first kappa shape index (κ1) is 22.3. The molecule has 0 aliphatic rings. The van der Waals surface area contributed by atoms with Crippen LogP contribution in [0.15, 0.2) is 66.4 Å². The molecule has 0 saturated heterocycles. The third-order valence-electron chi connectivity index (χ3n) is 5.67. The molecule has 1 N–H and O–H groups in total. The van der Waals surface area contributed by atoms with Crippen LogP contribution >= 0.6 is 22.9 Å². The van der Waals surface area contributed by atoms with Gasteiger partial charge in [-0.15, -0.1) is 11.3 Å². The maximum Gasteiger partial charge on any atom is 0.253 e. The number of hydrogen-bond donors (Lipinski definition) is 1. The molecule has 34 heavy (non-hydrogen) atoms. The van der Waals surface area contributed by atoms with E-state index in [4.69, 9.17) is 16.6 Å². The average molecular weight is 491 g/mol. The Hall–Kier alpha value is -3.49. The topological polar surface area (TPSA) is 77.6 Å². The number of fused-ring (bicyclic) bond motifs is 1. The summed E-state index contributed by atoms with van der Waals surface area (Å²) in [5, 5.41) is 11.0. The number of carbonyl (C=O) groups is 1. The van der Waals surface area contributed by atoms with Crippen LogP contribution in [0.2, 0.25) is 5.02 Å². The van der Waals surface area contributed by atoms with Crippen LogP contribution in [0.25, 0.3) is 21.6 Å². The Morgan fingerprint density at radius 1 is 1.18 bits per heavy atom. The largest absolute Gasteiger partial charge is 0.338 e. The van der Waals surface area contributed by atoms with Crippen molar-refractivity contribution in [2.75, 3.05) is 0 Å². The second-order valence-electron chi connectivity index (χ2n) is 8.31. The summed E-state index contributed by atoms with van der Waals surface area (Å²) in [6.45, 7) is 4.09. The van der Waals surface area contributed by atoms with E-state index in [1.165, 1.54) is 0 Å². The molecule has 4 heterocycles. The summed E-state index contributed by atoms with van der Waals surface area (Å²) in [6, 6.07) is 12.9. The number of nitrogens with zero attached hydrogens (tertiary/aromatic N) is 5. The molecule has 1 amide bonds. The van der Waals surface area contributed by atoms with Crippen LogP contribution in [-0.4, -0.2) is 30.2 Å². The Morgan fingerprint density at radius 3 is 2.62 bits per heavy atom. The number of hydrogen-bond acceptors (Lipinski definition) is 5. The molecule has 0 spiro atoms. The van der Waals surface area contributed by atoms with Crippen LogP contribution in [-0.2, 0) is 7.05 Å². The number of benzene rings is 1. The van der Waals surface area contributed by atoms with E-state index >= 15 is 0 Å². The highest BCUT2D eigenvalue weighted by atomic mass is 35.5. The van der Waals surface area contributed by atoms with Gasteiger partial charge in [-0.2, -0.15) is 5.10 Å². The van der Waals surface area contributed by atoms with E-state index in [1.807, 2.05) is 84.2 Å². The van der Waals surface area contributed by atoms with Crippen molar-refractivity contribution in [3.63, 3.8) is 0 Å². The second-order valence-corrected chi connectivity index (χ2v) is 9.69. The molecule has 0 aliphatic heterocycles. The Balaban J connectivity index is 1.61. The molecule has 0 unspecified atom stereocenters. The molecule has 9 heteroatoms. The number of rotatable bonds is 6. The van der Waals surface area contributed by atoms with E-state index in [0.29, 0.717) is 21.6 Å². The maximum absolute atomic E-state index is 13.8. The van der Waals surface area contributed by atoms with Gasteiger partial charge in [0.2, 0.25) is 0 Å². The van der Waals surface area contributed by atoms with Crippen molar-refractivity contribution in [3.8, 4) is 10.6 Å². The first-order valence-electron chi connectivity index (χ1n) is 10.9. The predicted octanol–water partition coefficient (Wildman–Crippen LogP) is 5.65. The van der Waals surface area contributed by atoms with E-state index in [0.717, 1.165) is 22.0 Å². The molecule has 1 atom stereocenters. The van der Waals surface area contributed by atoms with E-state index < -0.39 is 6.04 Å². The van der Waals surface area contributed by atoms with Gasteiger partial charge in [0.25, 0.3) is 5.91 Å². The van der Waals surface area contributed by atoms with Crippen molar-refractivity contribution in [2.45, 2.75) is 25.9 Å². The van der Waals surface area contributed by atoms with Crippen LogP contribution in [0, 0.1) is 0 Å². The normalized spacial score (nSPS) is 12.4. The first-order chi connectivity index (χ1) is 16.4. The lowest BCUT2D eigenvalue weighted by atomic mass is 10.0. The lowest BCUT2D eigenvalue weighted by Gasteiger charge is -2.20. The summed E-state index contributed by atoms with van der Waals surface area (Å²) in [7, 11) is 1.91. The number of amides is 1. The lowest BCUT2D eigenvalue weighted by molar-refractivity contribution is 0.0943. The maximum atomic E-state index is 13.8. The van der Waals surface area contributed by atoms with Gasteiger partial charge in [0.05, 0.1) is 27.7 Å². The Labute approximate surface area is 206 Å². The molecular weight excluding hydrogens is 468 g/mol. The zero-order valence-corrected chi connectivity index (χ0v) is 20.5. The molecule has 0 saturated carbocycles. The molecular formula is C25H23ClN6OS. The van der Waals surface area contributed by atoms with Gasteiger partial charge < -0.3 is 9.88 Å². The second kappa shape index (κ2) is 9.04. The van der Waals surface area contributed by atoms with Crippen molar-refractivity contribution in [1.82, 2.24) is 29.6 Å². The highest BCUT2D eigenvalue weighted by molar-refractivity contribution is 7.13. The van der Waals surface area contributed by atoms with Gasteiger partial charge in [-0.1, -0.05) is 29.8 Å². The van der Waals surface area contributed by atoms with Gasteiger partial charge >= 0.3 is 0 Å². The molecule has 0 aliphatic carbocycles. The molecule has 172 valence electrons. The zero-order chi connectivity index (χ0) is 23.8. The number of imidazole rings is 1. The van der Waals surface area contributed by atoms with Gasteiger partial charge in [0, 0.05) is 30.5 Å². The molecule has 4 aromatic heterocycles. The van der Waals surface area contributed by atoms with E-state index in [2.05, 4.69) is 15.4 Å².